The maximum atomic E-state index is 10.0. The number of nitrogens with two attached hydrogens (primary N) is 1. The van der Waals surface area contributed by atoms with Crippen LogP contribution in [-0.2, 0) is 0 Å². The van der Waals surface area contributed by atoms with Crippen LogP contribution in [0.2, 0.25) is 0 Å². The highest BCUT2D eigenvalue weighted by Gasteiger charge is 2.35. The minimum absolute atomic E-state index is 0.0432. The number of hydrogen-bond donors (Lipinski definition) is 3. The van der Waals surface area contributed by atoms with Gasteiger partial charge in [-0.3, -0.25) is 4.57 Å². The highest BCUT2D eigenvalue weighted by atomic mass is 32.2. The van der Waals surface area contributed by atoms with Crippen LogP contribution in [0.25, 0.3) is 11.2 Å². The molecule has 0 saturated carbocycles. The lowest BCUT2D eigenvalue weighted by molar-refractivity contribution is 0.144. The molecule has 0 bridgehead atoms. The number of anilines is 1. The third-order valence-corrected chi connectivity index (χ3v) is 4.58. The lowest BCUT2D eigenvalue weighted by Gasteiger charge is -2.15. The summed E-state index contributed by atoms with van der Waals surface area (Å²) in [7, 11) is 0. The third kappa shape index (κ3) is 1.73. The molecule has 0 spiro atoms. The van der Waals surface area contributed by atoms with Gasteiger partial charge in [0, 0.05) is 5.25 Å². The molecule has 2 aromatic heterocycles. The average molecular weight is 267 g/mol. The fraction of sp³-hybridized carbons (Fsp3) is 0.500. The van der Waals surface area contributed by atoms with Crippen molar-refractivity contribution >= 4 is 28.7 Å². The quantitative estimate of drug-likeness (QED) is 0.689. The van der Waals surface area contributed by atoms with E-state index in [0.717, 1.165) is 0 Å². The number of imidazole rings is 1. The summed E-state index contributed by atoms with van der Waals surface area (Å²) in [6, 6.07) is 0. The molecule has 0 aromatic carbocycles. The standard InChI is InChI=1S/C10H13N5O2S/c11-8-7-9(13-3-12-8)15(4-14-7)10-6(17)1-5(2-16)18-10/h3-6,10,16-17H,1-2H2,(H2,11,12,13)/t5-,6+,10+/m0/s1. The van der Waals surface area contributed by atoms with E-state index in [1.807, 2.05) is 0 Å². The van der Waals surface area contributed by atoms with Crippen LogP contribution in [0, 0.1) is 0 Å². The molecule has 1 saturated heterocycles. The van der Waals surface area contributed by atoms with Gasteiger partial charge >= 0.3 is 0 Å². The second-order valence-electron chi connectivity index (χ2n) is 4.22. The molecule has 0 amide bonds. The number of aromatic nitrogens is 4. The number of thioether (sulfide) groups is 1. The first-order chi connectivity index (χ1) is 8.70. The van der Waals surface area contributed by atoms with Gasteiger partial charge in [0.2, 0.25) is 0 Å². The monoisotopic (exact) mass is 267 g/mol. The summed E-state index contributed by atoms with van der Waals surface area (Å²) >= 11 is 1.52. The molecule has 18 heavy (non-hydrogen) atoms. The molecule has 2 aromatic rings. The van der Waals surface area contributed by atoms with Crippen LogP contribution in [-0.4, -0.2) is 47.7 Å². The van der Waals surface area contributed by atoms with Crippen molar-refractivity contribution in [2.45, 2.75) is 23.1 Å². The van der Waals surface area contributed by atoms with Gasteiger partial charge in [-0.05, 0) is 6.42 Å². The Balaban J connectivity index is 2.02. The van der Waals surface area contributed by atoms with Gasteiger partial charge in [-0.25, -0.2) is 15.0 Å². The summed E-state index contributed by atoms with van der Waals surface area (Å²) in [5.41, 5.74) is 6.87. The van der Waals surface area contributed by atoms with Gasteiger partial charge < -0.3 is 15.9 Å². The van der Waals surface area contributed by atoms with E-state index in [-0.39, 0.29) is 17.2 Å². The van der Waals surface area contributed by atoms with Crippen molar-refractivity contribution < 1.29 is 10.2 Å². The molecular weight excluding hydrogens is 254 g/mol. The van der Waals surface area contributed by atoms with Gasteiger partial charge in [0.15, 0.2) is 11.5 Å². The number of nitrogen functional groups attached to an aromatic ring is 1. The van der Waals surface area contributed by atoms with E-state index in [1.165, 1.54) is 18.1 Å². The summed E-state index contributed by atoms with van der Waals surface area (Å²) in [5, 5.41) is 19.0. The molecule has 3 rings (SSSR count). The molecule has 7 nitrogen and oxygen atoms in total. The Morgan fingerprint density at radius 1 is 1.44 bits per heavy atom. The molecule has 0 unspecified atom stereocenters. The van der Waals surface area contributed by atoms with E-state index in [0.29, 0.717) is 23.4 Å². The van der Waals surface area contributed by atoms with E-state index in [9.17, 15) is 5.11 Å². The Hall–Kier alpha value is -1.38. The molecule has 8 heteroatoms. The van der Waals surface area contributed by atoms with Crippen molar-refractivity contribution in [2.75, 3.05) is 12.3 Å². The van der Waals surface area contributed by atoms with Crippen molar-refractivity contribution in [3.8, 4) is 0 Å². The second kappa shape index (κ2) is 4.38. The fourth-order valence-corrected chi connectivity index (χ4v) is 3.52. The first-order valence-electron chi connectivity index (χ1n) is 5.58. The van der Waals surface area contributed by atoms with Crippen LogP contribution in [0.5, 0.6) is 0 Å². The normalized spacial score (nSPS) is 28.0. The first kappa shape index (κ1) is 11.7. The van der Waals surface area contributed by atoms with Crippen LogP contribution in [0.4, 0.5) is 5.82 Å². The van der Waals surface area contributed by atoms with E-state index < -0.39 is 6.10 Å². The number of aliphatic hydroxyl groups excluding tert-OH is 2. The zero-order valence-corrected chi connectivity index (χ0v) is 10.3. The van der Waals surface area contributed by atoms with E-state index >= 15 is 0 Å². The van der Waals surface area contributed by atoms with Crippen LogP contribution >= 0.6 is 11.8 Å². The molecule has 0 aliphatic carbocycles. The van der Waals surface area contributed by atoms with Crippen LogP contribution in [0.1, 0.15) is 11.8 Å². The van der Waals surface area contributed by atoms with Crippen LogP contribution in [0.3, 0.4) is 0 Å². The maximum Gasteiger partial charge on any atom is 0.166 e. The minimum Gasteiger partial charge on any atom is -0.395 e. The summed E-state index contributed by atoms with van der Waals surface area (Å²) in [5.74, 6) is 0.329. The number of hydrogen-bond acceptors (Lipinski definition) is 7. The zero-order valence-electron chi connectivity index (χ0n) is 9.47. The number of fused-ring (bicyclic) bond motifs is 1. The Morgan fingerprint density at radius 2 is 2.28 bits per heavy atom. The summed E-state index contributed by atoms with van der Waals surface area (Å²) in [6.07, 6.45) is 3.02. The molecule has 1 fully saturated rings. The summed E-state index contributed by atoms with van der Waals surface area (Å²) in [6.45, 7) is 0.0575. The minimum atomic E-state index is -0.527. The molecule has 1 aliphatic heterocycles. The molecule has 3 atom stereocenters. The van der Waals surface area contributed by atoms with Crippen molar-refractivity contribution in [2.24, 2.45) is 0 Å². The molecule has 96 valence electrons. The van der Waals surface area contributed by atoms with Crippen molar-refractivity contribution in [1.29, 1.82) is 0 Å². The van der Waals surface area contributed by atoms with Gasteiger partial charge in [-0.15, -0.1) is 11.8 Å². The lowest BCUT2D eigenvalue weighted by atomic mass is 10.2. The predicted octanol–water partition coefficient (Wildman–Crippen LogP) is -0.234. The highest BCUT2D eigenvalue weighted by Crippen LogP contribution is 2.42. The van der Waals surface area contributed by atoms with Crippen molar-refractivity contribution in [3.05, 3.63) is 12.7 Å². The average Bonchev–Trinajstić information content (AvgIpc) is 2.93. The fourth-order valence-electron chi connectivity index (χ4n) is 2.15. The molecule has 3 heterocycles. The predicted molar refractivity (Wildman–Crippen MR) is 67.9 cm³/mol. The zero-order chi connectivity index (χ0) is 12.7. The topological polar surface area (TPSA) is 110 Å². The highest BCUT2D eigenvalue weighted by molar-refractivity contribution is 8.00. The van der Waals surface area contributed by atoms with E-state index in [1.54, 1.807) is 10.9 Å². The van der Waals surface area contributed by atoms with Crippen molar-refractivity contribution in [3.63, 3.8) is 0 Å². The Labute approximate surface area is 107 Å². The SMILES string of the molecule is Nc1ncnc2c1ncn2[C@@H]1S[C@H](CO)C[C@H]1O. The largest absolute Gasteiger partial charge is 0.395 e. The Kier molecular flexibility index (Phi) is 2.84. The van der Waals surface area contributed by atoms with Crippen molar-refractivity contribution in [1.82, 2.24) is 19.5 Å². The Morgan fingerprint density at radius 3 is 3.00 bits per heavy atom. The van der Waals surface area contributed by atoms with Crippen LogP contribution in [0.15, 0.2) is 12.7 Å². The molecular formula is C10H13N5O2S. The number of nitrogens with zero attached hydrogens (tertiary/aromatic N) is 4. The summed E-state index contributed by atoms with van der Waals surface area (Å²) in [4.78, 5) is 12.2. The lowest BCUT2D eigenvalue weighted by Crippen LogP contribution is -2.16. The van der Waals surface area contributed by atoms with Crippen LogP contribution < -0.4 is 5.73 Å². The van der Waals surface area contributed by atoms with Gasteiger partial charge in [0.05, 0.1) is 19.0 Å². The van der Waals surface area contributed by atoms with E-state index in [4.69, 9.17) is 10.8 Å². The summed E-state index contributed by atoms with van der Waals surface area (Å²) < 4.78 is 1.79. The Bertz CT molecular complexity index is 574. The number of aliphatic hydroxyl groups is 2. The third-order valence-electron chi connectivity index (χ3n) is 3.03. The first-order valence-corrected chi connectivity index (χ1v) is 6.52. The molecule has 4 N–H and O–H groups in total. The molecule has 1 aliphatic rings. The van der Waals surface area contributed by atoms with Gasteiger partial charge in [0.1, 0.15) is 17.2 Å². The maximum absolute atomic E-state index is 10.0. The number of rotatable bonds is 2. The molecule has 0 radical (unpaired) electrons. The second-order valence-corrected chi connectivity index (χ2v) is 5.64. The van der Waals surface area contributed by atoms with Gasteiger partial charge in [0.25, 0.3) is 0 Å². The van der Waals surface area contributed by atoms with Gasteiger partial charge in [-0.1, -0.05) is 0 Å². The van der Waals surface area contributed by atoms with E-state index in [2.05, 4.69) is 15.0 Å². The smallest absolute Gasteiger partial charge is 0.166 e. The van der Waals surface area contributed by atoms with Gasteiger partial charge in [-0.2, -0.15) is 0 Å².